The van der Waals surface area contributed by atoms with Gasteiger partial charge < -0.3 is 9.90 Å². The van der Waals surface area contributed by atoms with E-state index in [1.807, 2.05) is 66.7 Å². The van der Waals surface area contributed by atoms with Crippen molar-refractivity contribution in [3.63, 3.8) is 0 Å². The monoisotopic (exact) mass is 368 g/mol. The lowest BCUT2D eigenvalue weighted by molar-refractivity contribution is -0.254. The number of fused-ring (bicyclic) bond motifs is 1. The third kappa shape index (κ3) is 3.67. The Kier molecular flexibility index (Phi) is 4.68. The molecule has 1 aromatic heterocycles. The fourth-order valence-electron chi connectivity index (χ4n) is 3.04. The second kappa shape index (κ2) is 7.45. The molecule has 28 heavy (non-hydrogen) atoms. The first kappa shape index (κ1) is 17.6. The molecular weight excluding hydrogens is 353 g/mol. The number of aromatic carboxylic acids is 1. The van der Waals surface area contributed by atoms with E-state index in [4.69, 9.17) is 0 Å². The quantitative estimate of drug-likeness (QED) is 0.496. The molecule has 0 unspecified atom stereocenters. The molecule has 0 fully saturated rings. The fraction of sp³-hybridized carbons (Fsp3) is 0. The van der Waals surface area contributed by atoms with Gasteiger partial charge in [0.25, 0.3) is 0 Å². The van der Waals surface area contributed by atoms with Crippen LogP contribution in [0.3, 0.4) is 0 Å². The van der Waals surface area contributed by atoms with E-state index in [1.165, 1.54) is 18.2 Å². The lowest BCUT2D eigenvalue weighted by Gasteiger charge is -2.11. The molecule has 0 N–H and O–H groups in total. The molecule has 1 heterocycles. The van der Waals surface area contributed by atoms with E-state index in [-0.39, 0.29) is 10.9 Å². The van der Waals surface area contributed by atoms with Crippen molar-refractivity contribution in [1.29, 1.82) is 0 Å². The first-order valence-electron chi connectivity index (χ1n) is 8.75. The predicted octanol–water partition coefficient (Wildman–Crippen LogP) is 4.57. The van der Waals surface area contributed by atoms with Gasteiger partial charge in [-0.1, -0.05) is 66.7 Å². The Hall–Kier alpha value is -3.79. The Morgan fingerprint density at radius 3 is 2.21 bits per heavy atom. The van der Waals surface area contributed by atoms with Crippen LogP contribution >= 0.6 is 0 Å². The molecule has 3 nitrogen and oxygen atoms in total. The van der Waals surface area contributed by atoms with Gasteiger partial charge in [-0.25, -0.2) is 9.37 Å². The highest BCUT2D eigenvalue weighted by atomic mass is 19.1. The smallest absolute Gasteiger partial charge is 0.123 e. The van der Waals surface area contributed by atoms with Gasteiger partial charge in [-0.05, 0) is 35.4 Å². The first-order chi connectivity index (χ1) is 13.6. The summed E-state index contributed by atoms with van der Waals surface area (Å²) in [6.45, 7) is 0. The highest BCUT2D eigenvalue weighted by Gasteiger charge is 2.09. The summed E-state index contributed by atoms with van der Waals surface area (Å²) in [5.41, 5.74) is 3.71. The molecule has 136 valence electrons. The van der Waals surface area contributed by atoms with E-state index in [9.17, 15) is 14.3 Å². The molecule has 4 heteroatoms. The number of aromatic nitrogens is 1. The molecule has 0 aliphatic carbocycles. The Bertz CT molecular complexity index is 1180. The Balaban J connectivity index is 1.69. The predicted molar refractivity (Wildman–Crippen MR) is 107 cm³/mol. The largest absolute Gasteiger partial charge is 0.545 e. The number of hydrogen-bond acceptors (Lipinski definition) is 3. The van der Waals surface area contributed by atoms with Gasteiger partial charge in [-0.15, -0.1) is 0 Å². The van der Waals surface area contributed by atoms with Crippen LogP contribution in [-0.4, -0.2) is 11.0 Å². The minimum atomic E-state index is -1.36. The number of carbonyl (C=O) groups is 1. The van der Waals surface area contributed by atoms with Gasteiger partial charge in [0.05, 0.1) is 17.2 Å². The molecule has 0 amide bonds. The molecule has 4 rings (SSSR count). The van der Waals surface area contributed by atoms with Crippen molar-refractivity contribution in [3.8, 4) is 11.3 Å². The standard InChI is InChI=1S/C24H16FNO2/c25-19-12-13-22-20(14-19)21(24(27)28)15-23(26-22)18-10-8-17(9-11-18)7-6-16-4-2-1-3-5-16/h1-15H,(H,27,28)/p-1/b7-6+. The second-order valence-corrected chi connectivity index (χ2v) is 6.37. The van der Waals surface area contributed by atoms with Crippen molar-refractivity contribution in [2.45, 2.75) is 0 Å². The summed E-state index contributed by atoms with van der Waals surface area (Å²) in [6, 6.07) is 22.9. The van der Waals surface area contributed by atoms with Crippen LogP contribution in [0.5, 0.6) is 0 Å². The summed E-state index contributed by atoms with van der Waals surface area (Å²) in [5, 5.41) is 11.7. The minimum Gasteiger partial charge on any atom is -0.545 e. The van der Waals surface area contributed by atoms with Crippen LogP contribution in [0.2, 0.25) is 0 Å². The lowest BCUT2D eigenvalue weighted by Crippen LogP contribution is -2.22. The zero-order valence-corrected chi connectivity index (χ0v) is 14.8. The van der Waals surface area contributed by atoms with Gasteiger partial charge in [0.1, 0.15) is 5.82 Å². The van der Waals surface area contributed by atoms with Crippen LogP contribution in [0.4, 0.5) is 4.39 Å². The number of pyridine rings is 1. The molecule has 0 saturated carbocycles. The maximum atomic E-state index is 13.5. The minimum absolute atomic E-state index is 0.0763. The molecule has 0 radical (unpaired) electrons. The molecule has 3 aromatic carbocycles. The number of carbonyl (C=O) groups excluding carboxylic acids is 1. The van der Waals surface area contributed by atoms with Crippen LogP contribution in [0.15, 0.2) is 78.9 Å². The zero-order valence-electron chi connectivity index (χ0n) is 14.8. The molecule has 0 spiro atoms. The van der Waals surface area contributed by atoms with Crippen LogP contribution < -0.4 is 5.11 Å². The SMILES string of the molecule is O=C([O-])c1cc(-c2ccc(/C=C/c3ccccc3)cc2)nc2ccc(F)cc12. The van der Waals surface area contributed by atoms with Gasteiger partial charge in [0.2, 0.25) is 0 Å². The maximum Gasteiger partial charge on any atom is 0.123 e. The van der Waals surface area contributed by atoms with Gasteiger partial charge in [-0.2, -0.15) is 0 Å². The van der Waals surface area contributed by atoms with Crippen LogP contribution in [-0.2, 0) is 0 Å². The molecule has 0 aliphatic heterocycles. The van der Waals surface area contributed by atoms with Gasteiger partial charge in [0, 0.05) is 16.5 Å². The number of rotatable bonds is 4. The number of halogens is 1. The Morgan fingerprint density at radius 2 is 1.54 bits per heavy atom. The number of carboxylic acid groups (broad SMARTS) is 1. The normalized spacial score (nSPS) is 11.2. The van der Waals surface area contributed by atoms with Crippen molar-refractivity contribution >= 4 is 29.0 Å². The lowest BCUT2D eigenvalue weighted by atomic mass is 10.0. The summed E-state index contributed by atoms with van der Waals surface area (Å²) >= 11 is 0. The second-order valence-electron chi connectivity index (χ2n) is 6.37. The molecular formula is C24H15FNO2-. The van der Waals surface area contributed by atoms with E-state index in [1.54, 1.807) is 0 Å². The summed E-state index contributed by atoms with van der Waals surface area (Å²) in [5.74, 6) is -1.87. The van der Waals surface area contributed by atoms with Crippen molar-refractivity contribution in [2.75, 3.05) is 0 Å². The van der Waals surface area contributed by atoms with Gasteiger partial charge in [0.15, 0.2) is 0 Å². The van der Waals surface area contributed by atoms with E-state index >= 15 is 0 Å². The van der Waals surface area contributed by atoms with E-state index in [0.29, 0.717) is 11.2 Å². The average molecular weight is 368 g/mol. The molecule has 0 saturated heterocycles. The van der Waals surface area contributed by atoms with Gasteiger partial charge in [-0.3, -0.25) is 0 Å². The highest BCUT2D eigenvalue weighted by Crippen LogP contribution is 2.26. The van der Waals surface area contributed by atoms with Gasteiger partial charge >= 0.3 is 0 Å². The third-order valence-corrected chi connectivity index (χ3v) is 4.46. The summed E-state index contributed by atoms with van der Waals surface area (Å²) in [7, 11) is 0. The highest BCUT2D eigenvalue weighted by molar-refractivity contribution is 6.02. The van der Waals surface area contributed by atoms with Crippen LogP contribution in [0.1, 0.15) is 21.5 Å². The van der Waals surface area contributed by atoms with Crippen molar-refractivity contribution in [3.05, 3.63) is 101 Å². The molecule has 4 aromatic rings. The first-order valence-corrected chi connectivity index (χ1v) is 8.75. The number of hydrogen-bond donors (Lipinski definition) is 0. The molecule has 0 atom stereocenters. The maximum absolute atomic E-state index is 13.5. The van der Waals surface area contributed by atoms with Crippen molar-refractivity contribution < 1.29 is 14.3 Å². The van der Waals surface area contributed by atoms with E-state index in [0.717, 1.165) is 22.8 Å². The summed E-state index contributed by atoms with van der Waals surface area (Å²) in [4.78, 5) is 16.0. The third-order valence-electron chi connectivity index (χ3n) is 4.46. The summed E-state index contributed by atoms with van der Waals surface area (Å²) < 4.78 is 13.5. The van der Waals surface area contributed by atoms with E-state index < -0.39 is 11.8 Å². The Labute approximate surface area is 161 Å². The topological polar surface area (TPSA) is 53.0 Å². The number of benzene rings is 3. The van der Waals surface area contributed by atoms with Crippen LogP contribution in [0, 0.1) is 5.82 Å². The van der Waals surface area contributed by atoms with Crippen molar-refractivity contribution in [2.24, 2.45) is 0 Å². The van der Waals surface area contributed by atoms with Crippen LogP contribution in [0.25, 0.3) is 34.3 Å². The number of nitrogens with zero attached hydrogens (tertiary/aromatic N) is 1. The summed E-state index contributed by atoms with van der Waals surface area (Å²) in [6.07, 6.45) is 4.02. The molecule has 0 bridgehead atoms. The average Bonchev–Trinajstić information content (AvgIpc) is 2.72. The molecule has 0 aliphatic rings. The zero-order chi connectivity index (χ0) is 19.5. The Morgan fingerprint density at radius 1 is 0.857 bits per heavy atom. The number of carboxylic acids is 1. The van der Waals surface area contributed by atoms with Crippen molar-refractivity contribution in [1.82, 2.24) is 4.98 Å². The fourth-order valence-corrected chi connectivity index (χ4v) is 3.04. The van der Waals surface area contributed by atoms with E-state index in [2.05, 4.69) is 4.98 Å².